The maximum Gasteiger partial charge on any atom is 0.338 e. The number of urea groups is 1. The van der Waals surface area contributed by atoms with Gasteiger partial charge in [-0.25, -0.2) is 9.59 Å². The van der Waals surface area contributed by atoms with Crippen LogP contribution in [-0.4, -0.2) is 79.6 Å². The fourth-order valence-corrected chi connectivity index (χ4v) is 4.50. The highest BCUT2D eigenvalue weighted by atomic mass is 16.5. The maximum atomic E-state index is 12.6. The van der Waals surface area contributed by atoms with Gasteiger partial charge >= 0.3 is 12.0 Å². The molecule has 12 heteroatoms. The Labute approximate surface area is 218 Å². The molecular formula is C26H27N7O5. The van der Waals surface area contributed by atoms with Crippen LogP contribution in [0.1, 0.15) is 15.9 Å². The number of nitrogens with one attached hydrogen (secondary N) is 2. The number of nitrogens with zero attached hydrogens (tertiary/aromatic N) is 5. The Kier molecular flexibility index (Phi) is 6.71. The first-order valence-electron chi connectivity index (χ1n) is 12.5. The normalized spacial score (nSPS) is 17.1. The lowest BCUT2D eigenvalue weighted by molar-refractivity contribution is 0.0535. The van der Waals surface area contributed by atoms with Crippen molar-refractivity contribution in [3.63, 3.8) is 0 Å². The van der Waals surface area contributed by atoms with Gasteiger partial charge in [0.15, 0.2) is 5.82 Å². The summed E-state index contributed by atoms with van der Waals surface area (Å²) in [5.74, 6) is 1.47. The number of morpholine rings is 2. The molecular weight excluding hydrogens is 490 g/mol. The van der Waals surface area contributed by atoms with E-state index in [4.69, 9.17) is 29.2 Å². The van der Waals surface area contributed by atoms with E-state index in [-0.39, 0.29) is 12.6 Å². The number of esters is 1. The highest BCUT2D eigenvalue weighted by Crippen LogP contribution is 2.25. The molecule has 196 valence electrons. The Morgan fingerprint density at radius 3 is 1.97 bits per heavy atom. The zero-order valence-electron chi connectivity index (χ0n) is 20.7. The number of cyclic esters (lactones) is 1. The third kappa shape index (κ3) is 5.22. The number of fused-ring (bicyclic) bond motifs is 1. The first-order valence-corrected chi connectivity index (χ1v) is 12.5. The summed E-state index contributed by atoms with van der Waals surface area (Å²) < 4.78 is 16.0. The van der Waals surface area contributed by atoms with E-state index in [0.717, 1.165) is 37.3 Å². The van der Waals surface area contributed by atoms with Crippen molar-refractivity contribution in [1.29, 1.82) is 0 Å². The molecule has 1 aromatic heterocycles. The number of amides is 2. The number of rotatable bonds is 5. The van der Waals surface area contributed by atoms with Gasteiger partial charge in [-0.15, -0.1) is 0 Å². The third-order valence-corrected chi connectivity index (χ3v) is 6.54. The van der Waals surface area contributed by atoms with Crippen molar-refractivity contribution in [1.82, 2.24) is 15.0 Å². The molecule has 38 heavy (non-hydrogen) atoms. The number of carbonyl (C=O) groups excluding carboxylic acids is 2. The zero-order valence-corrected chi connectivity index (χ0v) is 20.7. The molecule has 0 atom stereocenters. The summed E-state index contributed by atoms with van der Waals surface area (Å²) in [6.45, 7) is 5.62. The van der Waals surface area contributed by atoms with Crippen LogP contribution in [0.5, 0.6) is 0 Å². The second kappa shape index (κ2) is 10.6. The molecule has 0 saturated carbocycles. The summed E-state index contributed by atoms with van der Waals surface area (Å²) >= 11 is 0. The summed E-state index contributed by atoms with van der Waals surface area (Å²) in [4.78, 5) is 42.7. The topological polar surface area (TPSA) is 131 Å². The Bertz CT molecular complexity index is 1300. The standard InChI is InChI=1S/C26H27N7O5/c34-23-21-6-5-20(15-18(21)16-38-23)28-26(35)27-19-3-1-17(2-4-19)22-29-24(32-7-11-36-12-8-32)31-25(30-22)33-9-13-37-14-10-33/h1-6,15H,7-14,16H2,(H2,27,28,35). The first kappa shape index (κ1) is 24.1. The van der Waals surface area contributed by atoms with Crippen LogP contribution in [0.25, 0.3) is 11.4 Å². The van der Waals surface area contributed by atoms with Crippen molar-refractivity contribution in [2.75, 3.05) is 73.0 Å². The van der Waals surface area contributed by atoms with E-state index in [9.17, 15) is 9.59 Å². The molecule has 0 aliphatic carbocycles. The van der Waals surface area contributed by atoms with E-state index in [2.05, 4.69) is 20.4 Å². The van der Waals surface area contributed by atoms with Gasteiger partial charge in [0.2, 0.25) is 11.9 Å². The average molecular weight is 518 g/mol. The fourth-order valence-electron chi connectivity index (χ4n) is 4.50. The summed E-state index contributed by atoms with van der Waals surface area (Å²) in [5.41, 5.74) is 3.28. The Hall–Kier alpha value is -4.29. The number of anilines is 4. The van der Waals surface area contributed by atoms with E-state index >= 15 is 0 Å². The molecule has 2 fully saturated rings. The predicted molar refractivity (Wildman–Crippen MR) is 140 cm³/mol. The second-order valence-corrected chi connectivity index (χ2v) is 9.06. The van der Waals surface area contributed by atoms with E-state index < -0.39 is 6.03 Å². The largest absolute Gasteiger partial charge is 0.457 e. The minimum absolute atomic E-state index is 0.213. The van der Waals surface area contributed by atoms with Gasteiger partial charge in [0, 0.05) is 48.7 Å². The van der Waals surface area contributed by atoms with Gasteiger partial charge in [-0.1, -0.05) is 0 Å². The first-order chi connectivity index (χ1) is 18.6. The molecule has 3 aromatic rings. The number of carbonyl (C=O) groups is 2. The van der Waals surface area contributed by atoms with Crippen molar-refractivity contribution < 1.29 is 23.8 Å². The molecule has 2 N–H and O–H groups in total. The van der Waals surface area contributed by atoms with Gasteiger partial charge < -0.3 is 34.6 Å². The molecule has 4 heterocycles. The molecule has 3 aliphatic rings. The molecule has 0 radical (unpaired) electrons. The van der Waals surface area contributed by atoms with Crippen molar-refractivity contribution in [2.45, 2.75) is 6.61 Å². The summed E-state index contributed by atoms with van der Waals surface area (Å²) in [7, 11) is 0. The molecule has 2 aromatic carbocycles. The summed E-state index contributed by atoms with van der Waals surface area (Å²) in [5, 5.41) is 5.61. The SMILES string of the molecule is O=C(Nc1ccc(-c2nc(N3CCOCC3)nc(N3CCOCC3)n2)cc1)Nc1ccc2c(c1)COC2=O. The van der Waals surface area contributed by atoms with Gasteiger partial charge in [0.1, 0.15) is 6.61 Å². The molecule has 6 rings (SSSR count). The highest BCUT2D eigenvalue weighted by Gasteiger charge is 2.22. The van der Waals surface area contributed by atoms with Crippen LogP contribution in [0.2, 0.25) is 0 Å². The lowest BCUT2D eigenvalue weighted by Crippen LogP contribution is -2.40. The fraction of sp³-hybridized carbons (Fsp3) is 0.346. The van der Waals surface area contributed by atoms with Crippen LogP contribution in [0.15, 0.2) is 42.5 Å². The Balaban J connectivity index is 1.18. The molecule has 2 saturated heterocycles. The van der Waals surface area contributed by atoms with Gasteiger partial charge in [0.25, 0.3) is 0 Å². The number of aromatic nitrogens is 3. The minimum atomic E-state index is -0.396. The Morgan fingerprint density at radius 1 is 0.763 bits per heavy atom. The summed E-state index contributed by atoms with van der Waals surface area (Å²) in [6.07, 6.45) is 0. The smallest absolute Gasteiger partial charge is 0.338 e. The van der Waals surface area contributed by atoms with E-state index in [1.165, 1.54) is 0 Å². The van der Waals surface area contributed by atoms with E-state index in [0.29, 0.717) is 61.1 Å². The third-order valence-electron chi connectivity index (χ3n) is 6.54. The number of ether oxygens (including phenoxy) is 3. The van der Waals surface area contributed by atoms with Crippen molar-refractivity contribution in [3.8, 4) is 11.4 Å². The zero-order chi connectivity index (χ0) is 25.9. The number of hydrogen-bond acceptors (Lipinski definition) is 10. The molecule has 0 unspecified atom stereocenters. The van der Waals surface area contributed by atoms with Crippen molar-refractivity contribution in [3.05, 3.63) is 53.6 Å². The number of hydrogen-bond donors (Lipinski definition) is 2. The van der Waals surface area contributed by atoms with E-state index in [1.54, 1.807) is 30.3 Å². The molecule has 3 aliphatic heterocycles. The van der Waals surface area contributed by atoms with Gasteiger partial charge in [-0.2, -0.15) is 15.0 Å². The monoisotopic (exact) mass is 517 g/mol. The van der Waals surface area contributed by atoms with Gasteiger partial charge in [0.05, 0.1) is 32.0 Å². The molecule has 2 amide bonds. The minimum Gasteiger partial charge on any atom is -0.457 e. The highest BCUT2D eigenvalue weighted by molar-refractivity contribution is 6.01. The lowest BCUT2D eigenvalue weighted by Gasteiger charge is -2.30. The van der Waals surface area contributed by atoms with Gasteiger partial charge in [-0.05, 0) is 42.5 Å². The van der Waals surface area contributed by atoms with Crippen LogP contribution in [0.4, 0.5) is 28.1 Å². The summed E-state index contributed by atoms with van der Waals surface area (Å²) in [6, 6.07) is 12.0. The van der Waals surface area contributed by atoms with Crippen LogP contribution in [-0.2, 0) is 20.8 Å². The molecule has 0 bridgehead atoms. The Morgan fingerprint density at radius 2 is 1.34 bits per heavy atom. The van der Waals surface area contributed by atoms with E-state index in [1.807, 2.05) is 12.1 Å². The van der Waals surface area contributed by atoms with Crippen LogP contribution in [0, 0.1) is 0 Å². The number of benzene rings is 2. The predicted octanol–water partition coefficient (Wildman–Crippen LogP) is 2.53. The van der Waals surface area contributed by atoms with Crippen molar-refractivity contribution in [2.24, 2.45) is 0 Å². The lowest BCUT2D eigenvalue weighted by atomic mass is 10.1. The second-order valence-electron chi connectivity index (χ2n) is 9.06. The molecule has 12 nitrogen and oxygen atoms in total. The van der Waals surface area contributed by atoms with Gasteiger partial charge in [-0.3, -0.25) is 0 Å². The van der Waals surface area contributed by atoms with Crippen LogP contribution < -0.4 is 20.4 Å². The quantitative estimate of drug-likeness (QED) is 0.487. The average Bonchev–Trinajstić information content (AvgIpc) is 3.33. The molecule has 0 spiro atoms. The maximum absolute atomic E-state index is 12.6. The van der Waals surface area contributed by atoms with Crippen LogP contribution >= 0.6 is 0 Å². The van der Waals surface area contributed by atoms with Crippen molar-refractivity contribution >= 4 is 35.3 Å². The van der Waals surface area contributed by atoms with Crippen LogP contribution in [0.3, 0.4) is 0 Å².